The van der Waals surface area contributed by atoms with Gasteiger partial charge in [-0.25, -0.2) is 16.8 Å². The third-order valence-corrected chi connectivity index (χ3v) is 9.04. The summed E-state index contributed by atoms with van der Waals surface area (Å²) in [6.45, 7) is 4.11. The molecule has 1 aliphatic heterocycles. The molecule has 0 unspecified atom stereocenters. The van der Waals surface area contributed by atoms with E-state index in [0.717, 1.165) is 0 Å². The minimum atomic E-state index is -3.70. The fourth-order valence-electron chi connectivity index (χ4n) is 2.99. The van der Waals surface area contributed by atoms with Crippen molar-refractivity contribution < 1.29 is 21.6 Å². The van der Waals surface area contributed by atoms with Crippen LogP contribution in [0.25, 0.3) is 0 Å². The van der Waals surface area contributed by atoms with Gasteiger partial charge >= 0.3 is 0 Å². The molecule has 0 N–H and O–H groups in total. The normalized spacial score (nSPS) is 17.8. The lowest BCUT2D eigenvalue weighted by Gasteiger charge is -2.31. The molecule has 0 aliphatic carbocycles. The summed E-state index contributed by atoms with van der Waals surface area (Å²) < 4.78 is 56.5. The first-order valence-electron chi connectivity index (χ1n) is 8.13. The van der Waals surface area contributed by atoms with Crippen molar-refractivity contribution in [3.05, 3.63) is 23.2 Å². The monoisotopic (exact) mass is 409 g/mol. The van der Waals surface area contributed by atoms with Crippen molar-refractivity contribution in [1.29, 1.82) is 0 Å². The molecule has 1 saturated heterocycles. The largest absolute Gasteiger partial charge is 0.495 e. The average molecular weight is 410 g/mol. The lowest BCUT2D eigenvalue weighted by molar-refractivity contribution is 0.345. The number of hydrogen-bond acceptors (Lipinski definition) is 5. The number of sulfonamides is 1. The number of nitrogens with zero attached hydrogens (tertiary/aromatic N) is 1. The van der Waals surface area contributed by atoms with Crippen molar-refractivity contribution in [2.75, 3.05) is 26.0 Å². The van der Waals surface area contributed by atoms with Gasteiger partial charge in [-0.2, -0.15) is 4.31 Å². The van der Waals surface area contributed by atoms with Crippen molar-refractivity contribution >= 4 is 31.5 Å². The van der Waals surface area contributed by atoms with Crippen LogP contribution >= 0.6 is 11.6 Å². The van der Waals surface area contributed by atoms with Gasteiger partial charge in [-0.05, 0) is 37.0 Å². The van der Waals surface area contributed by atoms with Crippen LogP contribution in [0.4, 0.5) is 0 Å². The maximum Gasteiger partial charge on any atom is 0.243 e. The summed E-state index contributed by atoms with van der Waals surface area (Å²) in [6, 6.07) is 4.31. The van der Waals surface area contributed by atoms with Gasteiger partial charge in [-0.1, -0.05) is 25.4 Å². The van der Waals surface area contributed by atoms with Crippen LogP contribution in [0.1, 0.15) is 26.7 Å². The molecule has 0 amide bonds. The van der Waals surface area contributed by atoms with E-state index >= 15 is 0 Å². The second-order valence-corrected chi connectivity index (χ2v) is 11.3. The predicted molar refractivity (Wildman–Crippen MR) is 98.4 cm³/mol. The molecule has 0 saturated carbocycles. The molecule has 0 aromatic heterocycles. The lowest BCUT2D eigenvalue weighted by Crippen LogP contribution is -2.43. The van der Waals surface area contributed by atoms with Gasteiger partial charge in [0.15, 0.2) is 9.84 Å². The number of hydrogen-bond donors (Lipinski definition) is 0. The molecule has 2 rings (SSSR count). The van der Waals surface area contributed by atoms with Crippen LogP contribution in [-0.4, -0.2) is 52.3 Å². The first-order valence-corrected chi connectivity index (χ1v) is 11.7. The smallest absolute Gasteiger partial charge is 0.243 e. The third-order valence-electron chi connectivity index (χ3n) is 4.24. The van der Waals surface area contributed by atoms with Gasteiger partial charge in [0, 0.05) is 13.1 Å². The van der Waals surface area contributed by atoms with E-state index < -0.39 is 25.1 Å². The van der Waals surface area contributed by atoms with E-state index in [4.69, 9.17) is 16.3 Å². The third kappa shape index (κ3) is 4.67. The number of ether oxygens (including phenoxy) is 1. The summed E-state index contributed by atoms with van der Waals surface area (Å²) in [5.41, 5.74) is 0. The van der Waals surface area contributed by atoms with Gasteiger partial charge < -0.3 is 4.74 Å². The molecule has 1 aromatic carbocycles. The summed E-state index contributed by atoms with van der Waals surface area (Å²) in [6.07, 6.45) is 0.635. The van der Waals surface area contributed by atoms with Crippen LogP contribution < -0.4 is 4.74 Å². The summed E-state index contributed by atoms with van der Waals surface area (Å²) in [7, 11) is -5.44. The van der Waals surface area contributed by atoms with Gasteiger partial charge in [-0.3, -0.25) is 0 Å². The summed E-state index contributed by atoms with van der Waals surface area (Å²) in [4.78, 5) is 0.0850. The van der Waals surface area contributed by atoms with E-state index in [2.05, 4.69) is 0 Å². The van der Waals surface area contributed by atoms with Gasteiger partial charge in [-0.15, -0.1) is 0 Å². The Labute approximate surface area is 155 Å². The van der Waals surface area contributed by atoms with Crippen LogP contribution in [-0.2, 0) is 19.9 Å². The molecule has 25 heavy (non-hydrogen) atoms. The van der Waals surface area contributed by atoms with Crippen LogP contribution in [0.15, 0.2) is 23.1 Å². The molecule has 9 heteroatoms. The zero-order valence-corrected chi connectivity index (χ0v) is 17.0. The molecule has 1 aromatic rings. The number of sulfone groups is 1. The number of benzene rings is 1. The van der Waals surface area contributed by atoms with Crippen molar-refractivity contribution in [2.45, 2.75) is 36.8 Å². The Morgan fingerprint density at radius 3 is 2.28 bits per heavy atom. The van der Waals surface area contributed by atoms with Crippen molar-refractivity contribution in [2.24, 2.45) is 5.92 Å². The minimum absolute atomic E-state index is 0.0632. The zero-order valence-electron chi connectivity index (χ0n) is 14.6. The first kappa shape index (κ1) is 20.5. The number of halogens is 1. The maximum atomic E-state index is 12.8. The average Bonchev–Trinajstić information content (AvgIpc) is 2.53. The second kappa shape index (κ2) is 7.82. The fraction of sp³-hybridized carbons (Fsp3) is 0.625. The molecule has 6 nitrogen and oxygen atoms in total. The maximum absolute atomic E-state index is 12.8. The molecular formula is C16H24ClNO5S2. The molecular weight excluding hydrogens is 386 g/mol. The van der Waals surface area contributed by atoms with Gasteiger partial charge in [0.05, 0.1) is 28.0 Å². The Hall–Kier alpha value is -0.830. The van der Waals surface area contributed by atoms with Crippen LogP contribution in [0.5, 0.6) is 5.75 Å². The van der Waals surface area contributed by atoms with E-state index in [-0.39, 0.29) is 34.7 Å². The van der Waals surface area contributed by atoms with Crippen molar-refractivity contribution in [3.8, 4) is 5.75 Å². The number of methoxy groups -OCH3 is 1. The Bertz CT molecular complexity index is 813. The highest BCUT2D eigenvalue weighted by atomic mass is 35.5. The Balaban J connectivity index is 2.13. The van der Waals surface area contributed by atoms with E-state index in [1.54, 1.807) is 0 Å². The topological polar surface area (TPSA) is 80.8 Å². The summed E-state index contributed by atoms with van der Waals surface area (Å²) in [5, 5.41) is -0.251. The predicted octanol–water partition coefficient (Wildman–Crippen LogP) is 2.57. The van der Waals surface area contributed by atoms with Gasteiger partial charge in [0.25, 0.3) is 0 Å². The van der Waals surface area contributed by atoms with Crippen molar-refractivity contribution in [1.82, 2.24) is 4.31 Å². The van der Waals surface area contributed by atoms with E-state index in [1.165, 1.54) is 29.6 Å². The molecule has 1 fully saturated rings. The molecule has 0 atom stereocenters. The van der Waals surface area contributed by atoms with Crippen LogP contribution in [0.3, 0.4) is 0 Å². The number of piperidine rings is 1. The molecule has 0 radical (unpaired) electrons. The summed E-state index contributed by atoms with van der Waals surface area (Å²) in [5.74, 6) is 0.603. The molecule has 0 bridgehead atoms. The highest BCUT2D eigenvalue weighted by Crippen LogP contribution is 2.30. The van der Waals surface area contributed by atoms with E-state index in [0.29, 0.717) is 18.6 Å². The summed E-state index contributed by atoms with van der Waals surface area (Å²) >= 11 is 6.02. The molecule has 1 aliphatic rings. The highest BCUT2D eigenvalue weighted by molar-refractivity contribution is 7.92. The standard InChI is InChI=1S/C16H24ClNO5S2/c1-12(2)11-24(19,20)13-6-8-18(9-7-13)25(21,22)14-4-5-16(23-3)15(17)10-14/h4-5,10,12-13H,6-9,11H2,1-3H3. The quantitative estimate of drug-likeness (QED) is 0.721. The SMILES string of the molecule is COc1ccc(S(=O)(=O)N2CCC(S(=O)(=O)CC(C)C)CC2)cc1Cl. The molecule has 142 valence electrons. The van der Waals surface area contributed by atoms with Crippen molar-refractivity contribution in [3.63, 3.8) is 0 Å². The van der Waals surface area contributed by atoms with E-state index in [1.807, 2.05) is 13.8 Å². The number of rotatable bonds is 6. The van der Waals surface area contributed by atoms with Gasteiger partial charge in [0.1, 0.15) is 5.75 Å². The van der Waals surface area contributed by atoms with Crippen LogP contribution in [0.2, 0.25) is 5.02 Å². The Morgan fingerprint density at radius 2 is 1.80 bits per heavy atom. The Kier molecular flexibility index (Phi) is 6.40. The van der Waals surface area contributed by atoms with Crippen LogP contribution in [0, 0.1) is 5.92 Å². The minimum Gasteiger partial charge on any atom is -0.495 e. The second-order valence-electron chi connectivity index (χ2n) is 6.62. The Morgan fingerprint density at radius 1 is 1.20 bits per heavy atom. The molecule has 0 spiro atoms. The highest BCUT2D eigenvalue weighted by Gasteiger charge is 2.35. The van der Waals surface area contributed by atoms with E-state index in [9.17, 15) is 16.8 Å². The first-order chi connectivity index (χ1) is 11.6. The van der Waals surface area contributed by atoms with Gasteiger partial charge in [0.2, 0.25) is 10.0 Å². The fourth-order valence-corrected chi connectivity index (χ4v) is 6.94. The zero-order chi connectivity index (χ0) is 18.8. The lowest BCUT2D eigenvalue weighted by atomic mass is 10.2. The molecule has 1 heterocycles.